The van der Waals surface area contributed by atoms with Gasteiger partial charge in [-0.1, -0.05) is 13.0 Å². The number of ether oxygens (including phenoxy) is 1. The third-order valence-corrected chi connectivity index (χ3v) is 7.59. The summed E-state index contributed by atoms with van der Waals surface area (Å²) in [7, 11) is 1.89. The zero-order chi connectivity index (χ0) is 27.4. The average molecular weight is 532 g/mol. The minimum Gasteiger partial charge on any atom is -0.477 e. The van der Waals surface area contributed by atoms with Crippen LogP contribution in [0.3, 0.4) is 0 Å². The fraction of sp³-hybridized carbons (Fsp3) is 0.400. The van der Waals surface area contributed by atoms with Crippen LogP contribution in [0.5, 0.6) is 5.88 Å². The van der Waals surface area contributed by atoms with E-state index in [1.807, 2.05) is 39.1 Å². The maximum Gasteiger partial charge on any atom is 0.223 e. The Morgan fingerprint density at radius 1 is 1.08 bits per heavy atom. The van der Waals surface area contributed by atoms with Gasteiger partial charge >= 0.3 is 0 Å². The first-order chi connectivity index (χ1) is 19.0. The minimum absolute atomic E-state index is 0.0613. The molecule has 1 atom stereocenters. The number of hydrogen-bond donors (Lipinski definition) is 3. The van der Waals surface area contributed by atoms with E-state index in [1.54, 1.807) is 0 Å². The molecular weight excluding hydrogens is 493 g/mol. The molecule has 3 heterocycles. The molecule has 1 fully saturated rings. The molecule has 3 N–H and O–H groups in total. The molecule has 9 heteroatoms. The molecule has 1 unspecified atom stereocenters. The van der Waals surface area contributed by atoms with Gasteiger partial charge in [0.25, 0.3) is 0 Å². The summed E-state index contributed by atoms with van der Waals surface area (Å²) in [5.74, 6) is 0.963. The van der Waals surface area contributed by atoms with Crippen molar-refractivity contribution in [3.63, 3.8) is 0 Å². The molecule has 1 aliphatic rings. The van der Waals surface area contributed by atoms with Crippen LogP contribution in [0.1, 0.15) is 36.7 Å². The SMILES string of the molecule is CCN1CCN(c2ccc(Nc3ncnc(OCCc4ccc5[nH]c(C)cc5c4F)c3C(C)NC)cc2)CC1. The highest BCUT2D eigenvalue weighted by atomic mass is 19.1. The van der Waals surface area contributed by atoms with Gasteiger partial charge in [-0.3, -0.25) is 0 Å². The lowest BCUT2D eigenvalue weighted by atomic mass is 10.1. The van der Waals surface area contributed by atoms with Crippen molar-refractivity contribution in [2.75, 3.05) is 56.6 Å². The van der Waals surface area contributed by atoms with Crippen LogP contribution in [0, 0.1) is 12.7 Å². The van der Waals surface area contributed by atoms with Crippen LogP contribution in [0.25, 0.3) is 10.9 Å². The molecule has 0 saturated carbocycles. The normalized spacial score (nSPS) is 15.1. The summed E-state index contributed by atoms with van der Waals surface area (Å²) in [6.07, 6.45) is 1.93. The number of nitrogens with zero attached hydrogens (tertiary/aromatic N) is 4. The van der Waals surface area contributed by atoms with Crippen LogP contribution in [0.4, 0.5) is 21.6 Å². The highest BCUT2D eigenvalue weighted by molar-refractivity contribution is 5.81. The van der Waals surface area contributed by atoms with Crippen molar-refractivity contribution in [3.8, 4) is 5.88 Å². The number of halogens is 1. The Hall–Kier alpha value is -3.69. The molecule has 5 rings (SSSR count). The van der Waals surface area contributed by atoms with Gasteiger partial charge in [-0.15, -0.1) is 0 Å². The summed E-state index contributed by atoms with van der Waals surface area (Å²) >= 11 is 0. The smallest absolute Gasteiger partial charge is 0.223 e. The molecule has 2 aromatic carbocycles. The van der Waals surface area contributed by atoms with Crippen molar-refractivity contribution in [1.82, 2.24) is 25.2 Å². The number of fused-ring (bicyclic) bond motifs is 1. The van der Waals surface area contributed by atoms with Gasteiger partial charge in [0.05, 0.1) is 12.2 Å². The van der Waals surface area contributed by atoms with Gasteiger partial charge in [-0.25, -0.2) is 14.4 Å². The number of benzene rings is 2. The summed E-state index contributed by atoms with van der Waals surface area (Å²) in [6.45, 7) is 11.9. The van der Waals surface area contributed by atoms with Crippen molar-refractivity contribution >= 4 is 28.1 Å². The molecule has 0 aliphatic carbocycles. The highest BCUT2D eigenvalue weighted by Gasteiger charge is 2.20. The van der Waals surface area contributed by atoms with E-state index < -0.39 is 0 Å². The van der Waals surface area contributed by atoms with Gasteiger partial charge in [0, 0.05) is 66.6 Å². The van der Waals surface area contributed by atoms with E-state index in [0.717, 1.165) is 55.2 Å². The van der Waals surface area contributed by atoms with E-state index in [-0.39, 0.29) is 11.9 Å². The van der Waals surface area contributed by atoms with Crippen molar-refractivity contribution in [1.29, 1.82) is 0 Å². The van der Waals surface area contributed by atoms with Gasteiger partial charge in [0.2, 0.25) is 5.88 Å². The Bertz CT molecular complexity index is 1400. The Kier molecular flexibility index (Phi) is 8.28. The number of anilines is 3. The first-order valence-corrected chi connectivity index (χ1v) is 13.7. The van der Waals surface area contributed by atoms with Crippen molar-refractivity contribution in [2.45, 2.75) is 33.2 Å². The van der Waals surface area contributed by atoms with Crippen LogP contribution in [0.2, 0.25) is 0 Å². The molecule has 0 amide bonds. The van der Waals surface area contributed by atoms with Crippen LogP contribution < -0.4 is 20.3 Å². The summed E-state index contributed by atoms with van der Waals surface area (Å²) in [6, 6.07) is 14.0. The quantitative estimate of drug-likeness (QED) is 0.260. The largest absolute Gasteiger partial charge is 0.477 e. The molecule has 1 saturated heterocycles. The van der Waals surface area contributed by atoms with Crippen LogP contribution >= 0.6 is 0 Å². The number of aromatic nitrogens is 3. The van der Waals surface area contributed by atoms with E-state index in [0.29, 0.717) is 35.7 Å². The molecule has 0 radical (unpaired) electrons. The third-order valence-electron chi connectivity index (χ3n) is 7.59. The summed E-state index contributed by atoms with van der Waals surface area (Å²) < 4.78 is 21.1. The zero-order valence-electron chi connectivity index (χ0n) is 23.2. The maximum absolute atomic E-state index is 15.0. The third kappa shape index (κ3) is 5.99. The molecule has 2 aromatic heterocycles. The molecule has 8 nitrogen and oxygen atoms in total. The number of piperazine rings is 1. The Balaban J connectivity index is 1.28. The van der Waals surface area contributed by atoms with E-state index >= 15 is 4.39 Å². The predicted molar refractivity (Wildman–Crippen MR) is 156 cm³/mol. The van der Waals surface area contributed by atoms with Gasteiger partial charge in [0.15, 0.2) is 0 Å². The zero-order valence-corrected chi connectivity index (χ0v) is 23.2. The number of aromatic amines is 1. The Morgan fingerprint density at radius 2 is 1.85 bits per heavy atom. The predicted octanol–water partition coefficient (Wildman–Crippen LogP) is 5.19. The monoisotopic (exact) mass is 531 g/mol. The van der Waals surface area contributed by atoms with E-state index in [4.69, 9.17) is 4.74 Å². The van der Waals surface area contributed by atoms with Crippen LogP contribution in [0.15, 0.2) is 48.8 Å². The number of nitrogens with one attached hydrogen (secondary N) is 3. The second-order valence-corrected chi connectivity index (χ2v) is 10.1. The second-order valence-electron chi connectivity index (χ2n) is 10.1. The molecule has 206 valence electrons. The van der Waals surface area contributed by atoms with Crippen molar-refractivity contribution < 1.29 is 9.13 Å². The fourth-order valence-corrected chi connectivity index (χ4v) is 5.15. The highest BCUT2D eigenvalue weighted by Crippen LogP contribution is 2.32. The maximum atomic E-state index is 15.0. The van der Waals surface area contributed by atoms with Crippen molar-refractivity contribution in [2.24, 2.45) is 0 Å². The molecule has 0 spiro atoms. The van der Waals surface area contributed by atoms with Gasteiger partial charge in [-0.05, 0) is 69.4 Å². The summed E-state index contributed by atoms with van der Waals surface area (Å²) in [5.41, 5.74) is 5.36. The number of hydrogen-bond acceptors (Lipinski definition) is 7. The van der Waals surface area contributed by atoms with Gasteiger partial charge in [0.1, 0.15) is 18.0 Å². The van der Waals surface area contributed by atoms with Crippen molar-refractivity contribution in [3.05, 3.63) is 71.4 Å². The number of likely N-dealkylation sites (N-methyl/N-ethyl adjacent to an activating group) is 1. The lowest BCUT2D eigenvalue weighted by molar-refractivity contribution is 0.271. The molecule has 39 heavy (non-hydrogen) atoms. The molecule has 0 bridgehead atoms. The standard InChI is InChI=1S/C30H38FN7O/c1-5-37-13-15-38(16-14-37)24-9-7-23(8-10-24)36-29-27(21(3)32-4)30(34-19-33-29)39-17-12-22-6-11-26-25(28(22)31)18-20(2)35-26/h6-11,18-19,21,32,35H,5,12-17H2,1-4H3,(H,33,34,36). The van der Waals surface area contributed by atoms with Crippen LogP contribution in [-0.2, 0) is 6.42 Å². The lowest BCUT2D eigenvalue weighted by Gasteiger charge is -2.35. The van der Waals surface area contributed by atoms with E-state index in [1.165, 1.54) is 12.0 Å². The second kappa shape index (κ2) is 12.0. The van der Waals surface area contributed by atoms with Crippen LogP contribution in [-0.4, -0.2) is 66.2 Å². The molecular formula is C30H38FN7O. The number of H-pyrrole nitrogens is 1. The summed E-state index contributed by atoms with van der Waals surface area (Å²) in [5, 5.41) is 7.34. The Labute approximate surface area is 229 Å². The lowest BCUT2D eigenvalue weighted by Crippen LogP contribution is -2.46. The topological polar surface area (TPSA) is 81.3 Å². The Morgan fingerprint density at radius 3 is 2.56 bits per heavy atom. The first kappa shape index (κ1) is 26.9. The van der Waals surface area contributed by atoms with Gasteiger partial charge < -0.3 is 30.2 Å². The fourth-order valence-electron chi connectivity index (χ4n) is 5.15. The summed E-state index contributed by atoms with van der Waals surface area (Å²) in [4.78, 5) is 17.0. The molecule has 4 aromatic rings. The molecule has 1 aliphatic heterocycles. The van der Waals surface area contributed by atoms with E-state index in [2.05, 4.69) is 66.6 Å². The number of aryl methyl sites for hydroxylation is 1. The van der Waals surface area contributed by atoms with Gasteiger partial charge in [-0.2, -0.15) is 0 Å². The minimum atomic E-state index is -0.204. The van der Waals surface area contributed by atoms with E-state index in [9.17, 15) is 0 Å². The average Bonchev–Trinajstić information content (AvgIpc) is 3.35. The first-order valence-electron chi connectivity index (χ1n) is 13.7. The number of rotatable bonds is 10.